The zero-order valence-corrected chi connectivity index (χ0v) is 19.3. The Labute approximate surface area is 194 Å². The Morgan fingerprint density at radius 1 is 1.24 bits per heavy atom. The zero-order chi connectivity index (χ0) is 23.3. The van der Waals surface area contributed by atoms with Gasteiger partial charge in [0.1, 0.15) is 22.7 Å². The Kier molecular flexibility index (Phi) is 5.16. The molecule has 0 spiro atoms. The van der Waals surface area contributed by atoms with Crippen molar-refractivity contribution in [3.8, 4) is 0 Å². The summed E-state index contributed by atoms with van der Waals surface area (Å²) < 4.78 is 30.2. The molecule has 12 nitrogen and oxygen atoms in total. The van der Waals surface area contributed by atoms with E-state index in [9.17, 15) is 13.2 Å². The number of amides is 2. The predicted molar refractivity (Wildman–Crippen MR) is 121 cm³/mol. The first kappa shape index (κ1) is 21.5. The van der Waals surface area contributed by atoms with Crippen LogP contribution in [0.1, 0.15) is 10.6 Å². The standard InChI is InChI=1S/C19H20N8O4S2/c1-12-3-5-13(6-4-12)33(29,30)31-9-8-25-18-23-16-15(27(18)24(2)19(25)28)14(22-11-26(16)20)17-21-7-10-32-17/h3-7,10-11,18H,8-9,20H2,1-2H3. The highest BCUT2D eigenvalue weighted by Gasteiger charge is 2.51. The van der Waals surface area contributed by atoms with Crippen LogP contribution < -0.4 is 5.84 Å². The van der Waals surface area contributed by atoms with Crippen LogP contribution in [0.5, 0.6) is 0 Å². The fraction of sp³-hybridized carbons (Fsp3) is 0.263. The third-order valence-electron chi connectivity index (χ3n) is 5.32. The van der Waals surface area contributed by atoms with Crippen LogP contribution in [0.2, 0.25) is 0 Å². The minimum Gasteiger partial charge on any atom is -0.280 e. The van der Waals surface area contributed by atoms with Crippen LogP contribution in [-0.2, 0) is 14.3 Å². The van der Waals surface area contributed by atoms with Crippen LogP contribution in [0.3, 0.4) is 0 Å². The van der Waals surface area contributed by atoms with Crippen molar-refractivity contribution in [1.29, 1.82) is 0 Å². The average Bonchev–Trinajstić information content (AvgIpc) is 3.49. The number of fused-ring (bicyclic) bond motifs is 3. The van der Waals surface area contributed by atoms with E-state index in [1.54, 1.807) is 30.4 Å². The van der Waals surface area contributed by atoms with Gasteiger partial charge in [0.25, 0.3) is 10.1 Å². The molecule has 5 rings (SSSR count). The molecule has 1 saturated heterocycles. The van der Waals surface area contributed by atoms with Gasteiger partial charge in [-0.15, -0.1) is 11.3 Å². The Bertz CT molecular complexity index is 1290. The van der Waals surface area contributed by atoms with Gasteiger partial charge in [-0.1, -0.05) is 17.7 Å². The molecule has 4 heterocycles. The number of hydrogen-bond acceptors (Lipinski definition) is 11. The predicted octanol–water partition coefficient (Wildman–Crippen LogP) is 1.02. The quantitative estimate of drug-likeness (QED) is 0.470. The maximum Gasteiger partial charge on any atom is 0.341 e. The molecule has 33 heavy (non-hydrogen) atoms. The number of nitrogens with zero attached hydrogens (tertiary/aromatic N) is 7. The first-order valence-electron chi connectivity index (χ1n) is 9.88. The molecule has 1 fully saturated rings. The molecule has 0 bridgehead atoms. The monoisotopic (exact) mass is 488 g/mol. The maximum absolute atomic E-state index is 12.9. The van der Waals surface area contributed by atoms with E-state index in [0.29, 0.717) is 22.2 Å². The molecule has 14 heteroatoms. The van der Waals surface area contributed by atoms with Gasteiger partial charge in [-0.25, -0.2) is 40.6 Å². The maximum atomic E-state index is 12.9. The van der Waals surface area contributed by atoms with E-state index in [-0.39, 0.29) is 24.1 Å². The molecule has 3 aliphatic heterocycles. The second kappa shape index (κ2) is 7.91. The van der Waals surface area contributed by atoms with Crippen molar-refractivity contribution in [3.05, 3.63) is 52.1 Å². The molecular formula is C19H20N8O4S2. The number of aromatic nitrogens is 1. The van der Waals surface area contributed by atoms with Crippen LogP contribution in [0.4, 0.5) is 4.79 Å². The average molecular weight is 489 g/mol. The van der Waals surface area contributed by atoms with E-state index in [1.165, 1.54) is 44.7 Å². The Hall–Kier alpha value is -3.33. The first-order chi connectivity index (χ1) is 15.8. The number of aliphatic imine (C=N–C) groups is 2. The number of hydrogen-bond donors (Lipinski definition) is 1. The van der Waals surface area contributed by atoms with E-state index in [4.69, 9.17) is 10.0 Å². The minimum atomic E-state index is -3.96. The fourth-order valence-corrected chi connectivity index (χ4v) is 5.22. The molecule has 0 saturated carbocycles. The van der Waals surface area contributed by atoms with Gasteiger partial charge in [-0.2, -0.15) is 8.42 Å². The summed E-state index contributed by atoms with van der Waals surface area (Å²) in [5, 5.41) is 6.83. The highest BCUT2D eigenvalue weighted by molar-refractivity contribution is 7.86. The van der Waals surface area contributed by atoms with E-state index < -0.39 is 16.4 Å². The lowest BCUT2D eigenvalue weighted by atomic mass is 10.2. The van der Waals surface area contributed by atoms with Gasteiger partial charge in [0.15, 0.2) is 5.84 Å². The highest BCUT2D eigenvalue weighted by Crippen LogP contribution is 2.38. The SMILES string of the molecule is Cc1ccc(S(=O)(=O)OCCN2C(=O)N(C)N3C4=C(c5nccs5)N=CN(N)C4=NC23)cc1. The van der Waals surface area contributed by atoms with Crippen LogP contribution in [0.25, 0.3) is 5.70 Å². The van der Waals surface area contributed by atoms with Crippen molar-refractivity contribution >= 4 is 45.4 Å². The molecule has 0 aliphatic carbocycles. The highest BCUT2D eigenvalue weighted by atomic mass is 32.2. The lowest BCUT2D eigenvalue weighted by molar-refractivity contribution is 0.0842. The Morgan fingerprint density at radius 2 is 2.00 bits per heavy atom. The second-order valence-electron chi connectivity index (χ2n) is 7.42. The van der Waals surface area contributed by atoms with Gasteiger partial charge < -0.3 is 0 Å². The van der Waals surface area contributed by atoms with Crippen LogP contribution in [-0.4, -0.2) is 78.0 Å². The van der Waals surface area contributed by atoms with Gasteiger partial charge in [0, 0.05) is 18.6 Å². The zero-order valence-electron chi connectivity index (χ0n) is 17.7. The summed E-state index contributed by atoms with van der Waals surface area (Å²) in [5.74, 6) is 6.47. The largest absolute Gasteiger partial charge is 0.341 e. The number of carbonyl (C=O) groups excluding carboxylic acids is 1. The fourth-order valence-electron chi connectivity index (χ4n) is 3.69. The summed E-state index contributed by atoms with van der Waals surface area (Å²) in [5.41, 5.74) is 2.03. The molecule has 1 atom stereocenters. The van der Waals surface area contributed by atoms with E-state index in [1.807, 2.05) is 12.3 Å². The molecule has 1 aromatic carbocycles. The van der Waals surface area contributed by atoms with Crippen molar-refractivity contribution in [2.24, 2.45) is 15.8 Å². The smallest absolute Gasteiger partial charge is 0.280 e. The number of benzene rings is 1. The van der Waals surface area contributed by atoms with Crippen LogP contribution in [0.15, 0.2) is 56.4 Å². The summed E-state index contributed by atoms with van der Waals surface area (Å²) in [7, 11) is -2.35. The number of aryl methyl sites for hydroxylation is 1. The lowest BCUT2D eigenvalue weighted by Crippen LogP contribution is -2.44. The summed E-state index contributed by atoms with van der Waals surface area (Å²) in [6.07, 6.45) is 2.35. The van der Waals surface area contributed by atoms with E-state index in [2.05, 4.69) is 15.0 Å². The topological polar surface area (TPSA) is 137 Å². The van der Waals surface area contributed by atoms with Crippen LogP contribution in [0, 0.1) is 6.92 Å². The first-order valence-corrected chi connectivity index (χ1v) is 12.2. The summed E-state index contributed by atoms with van der Waals surface area (Å²) in [6, 6.07) is 5.99. The number of carbonyl (C=O) groups is 1. The molecular weight excluding hydrogens is 468 g/mol. The summed E-state index contributed by atoms with van der Waals surface area (Å²) >= 11 is 1.40. The van der Waals surface area contributed by atoms with Crippen molar-refractivity contribution < 1.29 is 17.4 Å². The van der Waals surface area contributed by atoms with E-state index >= 15 is 0 Å². The third-order valence-corrected chi connectivity index (χ3v) is 7.42. The molecule has 0 radical (unpaired) electrons. The normalized spacial score (nSPS) is 20.0. The number of thiazole rings is 1. The second-order valence-corrected chi connectivity index (χ2v) is 9.93. The van der Waals surface area contributed by atoms with Crippen molar-refractivity contribution in [1.82, 2.24) is 24.9 Å². The lowest BCUT2D eigenvalue weighted by Gasteiger charge is -2.28. The van der Waals surface area contributed by atoms with Gasteiger partial charge in [-0.3, -0.25) is 9.08 Å². The molecule has 172 valence electrons. The number of urea groups is 1. The van der Waals surface area contributed by atoms with Gasteiger partial charge in [0.2, 0.25) is 6.29 Å². The molecule has 1 aromatic heterocycles. The molecule has 3 aliphatic rings. The summed E-state index contributed by atoms with van der Waals surface area (Å²) in [6.45, 7) is 1.63. The molecule has 2 aromatic rings. The van der Waals surface area contributed by atoms with E-state index in [0.717, 1.165) is 5.56 Å². The van der Waals surface area contributed by atoms with Crippen molar-refractivity contribution in [3.63, 3.8) is 0 Å². The number of amidine groups is 1. The molecule has 2 amide bonds. The third kappa shape index (κ3) is 3.56. The van der Waals surface area contributed by atoms with Gasteiger partial charge in [-0.05, 0) is 19.1 Å². The van der Waals surface area contributed by atoms with Gasteiger partial charge in [0.05, 0.1) is 18.0 Å². The number of rotatable bonds is 6. The summed E-state index contributed by atoms with van der Waals surface area (Å²) in [4.78, 5) is 27.7. The Balaban J connectivity index is 1.38. The van der Waals surface area contributed by atoms with Crippen molar-refractivity contribution in [2.75, 3.05) is 20.2 Å². The number of hydrazine groups is 2. The minimum absolute atomic E-state index is 0.00247. The van der Waals surface area contributed by atoms with Gasteiger partial charge >= 0.3 is 6.03 Å². The van der Waals surface area contributed by atoms with Crippen molar-refractivity contribution in [2.45, 2.75) is 18.1 Å². The van der Waals surface area contributed by atoms with Crippen LogP contribution >= 0.6 is 11.3 Å². The molecule has 2 N–H and O–H groups in total. The Morgan fingerprint density at radius 3 is 2.70 bits per heavy atom. The molecule has 1 unspecified atom stereocenters. The number of nitrogens with two attached hydrogens (primary N) is 1.